The van der Waals surface area contributed by atoms with Crippen molar-refractivity contribution in [3.8, 4) is 0 Å². The summed E-state index contributed by atoms with van der Waals surface area (Å²) >= 11 is 1.79. The number of rotatable bonds is 5. The second-order valence-corrected chi connectivity index (χ2v) is 4.84. The standard InChI is InChI=1S/C10H19NO3S/c1-11-8-3-5-14-7-9(8)15-6-4-10(12)13-2/h8-9,11H,3-7H2,1-2H3. The van der Waals surface area contributed by atoms with Crippen LogP contribution in [0.4, 0.5) is 0 Å². The molecule has 1 fully saturated rings. The van der Waals surface area contributed by atoms with E-state index in [2.05, 4.69) is 10.1 Å². The van der Waals surface area contributed by atoms with E-state index in [9.17, 15) is 4.79 Å². The summed E-state index contributed by atoms with van der Waals surface area (Å²) in [5, 5.41) is 3.74. The Morgan fingerprint density at radius 1 is 1.67 bits per heavy atom. The number of hydrogen-bond acceptors (Lipinski definition) is 5. The molecule has 0 amide bonds. The molecule has 0 aliphatic carbocycles. The maximum absolute atomic E-state index is 10.9. The van der Waals surface area contributed by atoms with Gasteiger partial charge in [0.25, 0.3) is 0 Å². The molecule has 0 spiro atoms. The Kier molecular flexibility index (Phi) is 6.05. The van der Waals surface area contributed by atoms with Gasteiger partial charge in [0.15, 0.2) is 0 Å². The zero-order chi connectivity index (χ0) is 11.1. The van der Waals surface area contributed by atoms with Gasteiger partial charge in [-0.15, -0.1) is 0 Å². The van der Waals surface area contributed by atoms with Gasteiger partial charge in [-0.3, -0.25) is 4.79 Å². The van der Waals surface area contributed by atoms with E-state index in [1.807, 2.05) is 7.05 Å². The van der Waals surface area contributed by atoms with Crippen LogP contribution in [0.25, 0.3) is 0 Å². The molecule has 1 aliphatic rings. The first-order valence-electron chi connectivity index (χ1n) is 5.21. The number of methoxy groups -OCH3 is 1. The monoisotopic (exact) mass is 233 g/mol. The van der Waals surface area contributed by atoms with Gasteiger partial charge in [0, 0.05) is 23.7 Å². The highest BCUT2D eigenvalue weighted by molar-refractivity contribution is 8.00. The van der Waals surface area contributed by atoms with Crippen molar-refractivity contribution in [2.45, 2.75) is 24.1 Å². The van der Waals surface area contributed by atoms with Gasteiger partial charge in [0.1, 0.15) is 0 Å². The third-order valence-corrected chi connectivity index (χ3v) is 3.87. The topological polar surface area (TPSA) is 47.6 Å². The molecule has 0 aromatic carbocycles. The van der Waals surface area contributed by atoms with E-state index >= 15 is 0 Å². The van der Waals surface area contributed by atoms with Gasteiger partial charge in [0.2, 0.25) is 0 Å². The van der Waals surface area contributed by atoms with E-state index in [4.69, 9.17) is 4.74 Å². The first kappa shape index (κ1) is 12.8. The van der Waals surface area contributed by atoms with Crippen molar-refractivity contribution in [3.63, 3.8) is 0 Å². The largest absolute Gasteiger partial charge is 0.469 e. The highest BCUT2D eigenvalue weighted by Crippen LogP contribution is 2.21. The lowest BCUT2D eigenvalue weighted by Gasteiger charge is -2.30. The van der Waals surface area contributed by atoms with Crippen LogP contribution in [0.5, 0.6) is 0 Å². The fourth-order valence-electron chi connectivity index (χ4n) is 1.60. The lowest BCUT2D eigenvalue weighted by atomic mass is 10.1. The van der Waals surface area contributed by atoms with Gasteiger partial charge in [-0.2, -0.15) is 11.8 Å². The Hall–Kier alpha value is -0.260. The summed E-state index contributed by atoms with van der Waals surface area (Å²) in [6.07, 6.45) is 1.53. The van der Waals surface area contributed by atoms with Crippen molar-refractivity contribution in [2.24, 2.45) is 0 Å². The van der Waals surface area contributed by atoms with Gasteiger partial charge < -0.3 is 14.8 Å². The van der Waals surface area contributed by atoms with Crippen molar-refractivity contribution in [1.82, 2.24) is 5.32 Å². The summed E-state index contributed by atoms with van der Waals surface area (Å²) in [6.45, 7) is 1.61. The highest BCUT2D eigenvalue weighted by atomic mass is 32.2. The molecule has 2 unspecified atom stereocenters. The summed E-state index contributed by atoms with van der Waals surface area (Å²) in [6, 6.07) is 0.501. The lowest BCUT2D eigenvalue weighted by molar-refractivity contribution is -0.140. The van der Waals surface area contributed by atoms with Gasteiger partial charge in [-0.05, 0) is 13.5 Å². The van der Waals surface area contributed by atoms with Gasteiger partial charge in [0.05, 0.1) is 20.1 Å². The number of ether oxygens (including phenoxy) is 2. The van der Waals surface area contributed by atoms with Gasteiger partial charge in [-0.25, -0.2) is 0 Å². The van der Waals surface area contributed by atoms with E-state index in [1.54, 1.807) is 11.8 Å². The Balaban J connectivity index is 2.20. The smallest absolute Gasteiger partial charge is 0.306 e. The van der Waals surface area contributed by atoms with Crippen LogP contribution >= 0.6 is 11.8 Å². The second-order valence-electron chi connectivity index (χ2n) is 3.49. The van der Waals surface area contributed by atoms with Crippen LogP contribution in [0, 0.1) is 0 Å². The molecule has 1 aliphatic heterocycles. The van der Waals surface area contributed by atoms with E-state index < -0.39 is 0 Å². The minimum Gasteiger partial charge on any atom is -0.469 e. The van der Waals surface area contributed by atoms with Crippen LogP contribution in [-0.4, -0.2) is 50.4 Å². The molecule has 0 bridgehead atoms. The SMILES string of the molecule is CNC1CCOCC1SCCC(=O)OC. The maximum Gasteiger partial charge on any atom is 0.306 e. The van der Waals surface area contributed by atoms with Crippen molar-refractivity contribution < 1.29 is 14.3 Å². The Bertz CT molecular complexity index is 201. The highest BCUT2D eigenvalue weighted by Gasteiger charge is 2.24. The summed E-state index contributed by atoms with van der Waals surface area (Å²) in [4.78, 5) is 10.9. The van der Waals surface area contributed by atoms with E-state index in [1.165, 1.54) is 7.11 Å². The lowest BCUT2D eigenvalue weighted by Crippen LogP contribution is -2.43. The normalized spacial score (nSPS) is 26.3. The van der Waals surface area contributed by atoms with Gasteiger partial charge >= 0.3 is 5.97 Å². The minimum atomic E-state index is -0.139. The van der Waals surface area contributed by atoms with Crippen molar-refractivity contribution in [3.05, 3.63) is 0 Å². The average Bonchev–Trinajstić information content (AvgIpc) is 2.29. The molecule has 88 valence electrons. The fraction of sp³-hybridized carbons (Fsp3) is 0.900. The quantitative estimate of drug-likeness (QED) is 0.707. The summed E-state index contributed by atoms with van der Waals surface area (Å²) in [7, 11) is 3.40. The molecule has 0 saturated carbocycles. The molecule has 0 aromatic heterocycles. The van der Waals surface area contributed by atoms with Crippen LogP contribution in [0.1, 0.15) is 12.8 Å². The second kappa shape index (κ2) is 7.09. The molecule has 5 heteroatoms. The number of carbonyl (C=O) groups is 1. The molecule has 4 nitrogen and oxygen atoms in total. The summed E-state index contributed by atoms with van der Waals surface area (Å²) in [5.41, 5.74) is 0. The number of carbonyl (C=O) groups excluding carboxylic acids is 1. The van der Waals surface area contributed by atoms with Crippen molar-refractivity contribution in [1.29, 1.82) is 0 Å². The molecule has 0 aromatic rings. The average molecular weight is 233 g/mol. The van der Waals surface area contributed by atoms with E-state index in [0.29, 0.717) is 17.7 Å². The Morgan fingerprint density at radius 3 is 3.13 bits per heavy atom. The molecule has 2 atom stereocenters. The maximum atomic E-state index is 10.9. The predicted molar refractivity (Wildman–Crippen MR) is 61.2 cm³/mol. The molecular formula is C10H19NO3S. The number of nitrogens with one attached hydrogen (secondary N) is 1. The zero-order valence-electron chi connectivity index (χ0n) is 9.32. The molecule has 0 radical (unpaired) electrons. The van der Waals surface area contributed by atoms with E-state index in [-0.39, 0.29) is 5.97 Å². The van der Waals surface area contributed by atoms with Crippen molar-refractivity contribution >= 4 is 17.7 Å². The van der Waals surface area contributed by atoms with Gasteiger partial charge in [-0.1, -0.05) is 0 Å². The van der Waals surface area contributed by atoms with Crippen LogP contribution in [0.15, 0.2) is 0 Å². The third kappa shape index (κ3) is 4.40. The molecule has 1 saturated heterocycles. The van der Waals surface area contributed by atoms with Crippen molar-refractivity contribution in [2.75, 3.05) is 33.1 Å². The van der Waals surface area contributed by atoms with Crippen LogP contribution in [0.2, 0.25) is 0 Å². The Labute approximate surface area is 95.1 Å². The summed E-state index contributed by atoms with van der Waals surface area (Å²) < 4.78 is 10.0. The number of thioether (sulfide) groups is 1. The van der Waals surface area contributed by atoms with Crippen LogP contribution < -0.4 is 5.32 Å². The molecule has 1 N–H and O–H groups in total. The third-order valence-electron chi connectivity index (χ3n) is 2.54. The molecule has 15 heavy (non-hydrogen) atoms. The molecule has 1 heterocycles. The molecular weight excluding hydrogens is 214 g/mol. The molecule has 1 rings (SSSR count). The first-order chi connectivity index (χ1) is 7.27. The van der Waals surface area contributed by atoms with E-state index in [0.717, 1.165) is 25.4 Å². The number of esters is 1. The van der Waals surface area contributed by atoms with Crippen LogP contribution in [0.3, 0.4) is 0 Å². The first-order valence-corrected chi connectivity index (χ1v) is 6.26. The fourth-order valence-corrected chi connectivity index (χ4v) is 2.89. The van der Waals surface area contributed by atoms with Crippen LogP contribution in [-0.2, 0) is 14.3 Å². The summed E-state index contributed by atoms with van der Waals surface area (Å²) in [5.74, 6) is 0.666. The Morgan fingerprint density at radius 2 is 2.47 bits per heavy atom. The number of hydrogen-bond donors (Lipinski definition) is 1. The minimum absolute atomic E-state index is 0.139. The predicted octanol–water partition coefficient (Wildman–Crippen LogP) is 0.660. The zero-order valence-corrected chi connectivity index (χ0v) is 10.1.